The fourth-order valence-corrected chi connectivity index (χ4v) is 1.11. The molecule has 72 valence electrons. The Balaban J connectivity index is 3.10. The summed E-state index contributed by atoms with van der Waals surface area (Å²) in [6, 6.07) is 7.18. The highest BCUT2D eigenvalue weighted by atomic mass is 16.5. The maximum Gasteiger partial charge on any atom is 0.126 e. The van der Waals surface area contributed by atoms with Gasteiger partial charge in [0.1, 0.15) is 5.75 Å². The zero-order chi connectivity index (χ0) is 10.4. The number of nitriles is 1. The Kier molecular flexibility index (Phi) is 3.71. The molecule has 14 heavy (non-hydrogen) atoms. The van der Waals surface area contributed by atoms with E-state index >= 15 is 0 Å². The number of aliphatic hydroxyl groups excluding tert-OH is 1. The van der Waals surface area contributed by atoms with Crippen molar-refractivity contribution in [2.75, 3.05) is 13.7 Å². The van der Waals surface area contributed by atoms with Crippen LogP contribution in [0.25, 0.3) is 6.08 Å². The molecule has 1 aromatic carbocycles. The molecule has 0 saturated heterocycles. The van der Waals surface area contributed by atoms with Crippen LogP contribution in [0.4, 0.5) is 0 Å². The summed E-state index contributed by atoms with van der Waals surface area (Å²) >= 11 is 0. The molecular formula is C11H11NO2. The summed E-state index contributed by atoms with van der Waals surface area (Å²) in [5, 5.41) is 17.3. The SMILES string of the molecule is COc1ccc(C#N)cc1C=CCO. The summed E-state index contributed by atoms with van der Waals surface area (Å²) in [4.78, 5) is 0. The summed E-state index contributed by atoms with van der Waals surface area (Å²) in [7, 11) is 1.57. The third kappa shape index (κ3) is 2.35. The van der Waals surface area contributed by atoms with Crippen molar-refractivity contribution >= 4 is 6.08 Å². The topological polar surface area (TPSA) is 53.2 Å². The average molecular weight is 189 g/mol. The van der Waals surface area contributed by atoms with E-state index in [1.807, 2.05) is 6.07 Å². The van der Waals surface area contributed by atoms with Crippen LogP contribution >= 0.6 is 0 Å². The Morgan fingerprint density at radius 2 is 2.36 bits per heavy atom. The van der Waals surface area contributed by atoms with E-state index in [0.29, 0.717) is 11.3 Å². The maximum atomic E-state index is 8.69. The van der Waals surface area contributed by atoms with E-state index < -0.39 is 0 Å². The molecule has 3 heteroatoms. The van der Waals surface area contributed by atoms with E-state index in [0.717, 1.165) is 5.56 Å². The average Bonchev–Trinajstić information content (AvgIpc) is 2.25. The number of hydrogen-bond donors (Lipinski definition) is 1. The molecule has 0 amide bonds. The second-order valence-electron chi connectivity index (χ2n) is 2.65. The monoisotopic (exact) mass is 189 g/mol. The molecule has 0 heterocycles. The van der Waals surface area contributed by atoms with Crippen molar-refractivity contribution in [2.45, 2.75) is 0 Å². The summed E-state index contributed by atoms with van der Waals surface area (Å²) < 4.78 is 5.10. The molecule has 0 aliphatic rings. The predicted octanol–water partition coefficient (Wildman–Crippen LogP) is 1.57. The third-order valence-corrected chi connectivity index (χ3v) is 1.76. The number of benzene rings is 1. The van der Waals surface area contributed by atoms with Crippen LogP contribution in [0.2, 0.25) is 0 Å². The number of nitrogens with zero attached hydrogens (tertiary/aromatic N) is 1. The first-order valence-electron chi connectivity index (χ1n) is 4.17. The Labute approximate surface area is 82.9 Å². The zero-order valence-electron chi connectivity index (χ0n) is 7.90. The normalized spacial score (nSPS) is 10.1. The molecule has 0 bridgehead atoms. The fourth-order valence-electron chi connectivity index (χ4n) is 1.11. The molecule has 0 fully saturated rings. The van der Waals surface area contributed by atoms with Crippen molar-refractivity contribution in [1.82, 2.24) is 0 Å². The van der Waals surface area contributed by atoms with Gasteiger partial charge in [-0.2, -0.15) is 5.26 Å². The smallest absolute Gasteiger partial charge is 0.126 e. The standard InChI is InChI=1S/C11H11NO2/c1-14-11-5-4-9(8-12)7-10(11)3-2-6-13/h2-5,7,13H,6H2,1H3. The molecule has 1 N–H and O–H groups in total. The fraction of sp³-hybridized carbons (Fsp3) is 0.182. The quantitative estimate of drug-likeness (QED) is 0.785. The van der Waals surface area contributed by atoms with Crippen LogP contribution in [-0.2, 0) is 0 Å². The van der Waals surface area contributed by atoms with E-state index in [4.69, 9.17) is 15.1 Å². The summed E-state index contributed by atoms with van der Waals surface area (Å²) in [6.07, 6.45) is 3.32. The lowest BCUT2D eigenvalue weighted by molar-refractivity contribution is 0.343. The van der Waals surface area contributed by atoms with Gasteiger partial charge in [0.15, 0.2) is 0 Å². The van der Waals surface area contributed by atoms with E-state index in [9.17, 15) is 0 Å². The molecular weight excluding hydrogens is 178 g/mol. The lowest BCUT2D eigenvalue weighted by atomic mass is 10.1. The minimum absolute atomic E-state index is 0.0278. The van der Waals surface area contributed by atoms with E-state index in [1.165, 1.54) is 0 Å². The Bertz CT molecular complexity index is 377. The van der Waals surface area contributed by atoms with Gasteiger partial charge in [-0.15, -0.1) is 0 Å². The highest BCUT2D eigenvalue weighted by molar-refractivity contribution is 5.59. The van der Waals surface area contributed by atoms with E-state index in [2.05, 4.69) is 0 Å². The summed E-state index contributed by atoms with van der Waals surface area (Å²) in [5.41, 5.74) is 1.36. The van der Waals surface area contributed by atoms with Crippen molar-refractivity contribution in [3.05, 3.63) is 35.4 Å². The molecule has 1 rings (SSSR count). The van der Waals surface area contributed by atoms with Gasteiger partial charge in [0.2, 0.25) is 0 Å². The molecule has 0 atom stereocenters. The van der Waals surface area contributed by atoms with Gasteiger partial charge in [-0.1, -0.05) is 12.2 Å². The minimum atomic E-state index is -0.0278. The summed E-state index contributed by atoms with van der Waals surface area (Å²) in [5.74, 6) is 0.689. The molecule has 0 unspecified atom stereocenters. The summed E-state index contributed by atoms with van der Waals surface area (Å²) in [6.45, 7) is -0.0278. The zero-order valence-corrected chi connectivity index (χ0v) is 7.90. The second-order valence-corrected chi connectivity index (χ2v) is 2.65. The number of aliphatic hydroxyl groups is 1. The first-order chi connectivity index (χ1) is 6.81. The molecule has 1 aromatic rings. The van der Waals surface area contributed by atoms with Gasteiger partial charge in [0.25, 0.3) is 0 Å². The lowest BCUT2D eigenvalue weighted by Gasteiger charge is -2.04. The van der Waals surface area contributed by atoms with Crippen LogP contribution in [0.3, 0.4) is 0 Å². The highest BCUT2D eigenvalue weighted by Gasteiger charge is 2.00. The molecule has 0 spiro atoms. The van der Waals surface area contributed by atoms with Crippen LogP contribution in [0.1, 0.15) is 11.1 Å². The number of hydrogen-bond acceptors (Lipinski definition) is 3. The number of methoxy groups -OCH3 is 1. The number of rotatable bonds is 3. The van der Waals surface area contributed by atoms with Gasteiger partial charge in [0, 0.05) is 5.56 Å². The van der Waals surface area contributed by atoms with Crippen LogP contribution < -0.4 is 4.74 Å². The second kappa shape index (κ2) is 5.05. The van der Waals surface area contributed by atoms with Crippen molar-refractivity contribution in [3.63, 3.8) is 0 Å². The van der Waals surface area contributed by atoms with Gasteiger partial charge in [0.05, 0.1) is 25.3 Å². The Morgan fingerprint density at radius 1 is 1.57 bits per heavy atom. The molecule has 3 nitrogen and oxygen atoms in total. The molecule has 0 radical (unpaired) electrons. The van der Waals surface area contributed by atoms with Gasteiger partial charge >= 0.3 is 0 Å². The minimum Gasteiger partial charge on any atom is -0.496 e. The van der Waals surface area contributed by atoms with Gasteiger partial charge < -0.3 is 9.84 Å². The first-order valence-corrected chi connectivity index (χ1v) is 4.17. The van der Waals surface area contributed by atoms with Gasteiger partial charge in [-0.3, -0.25) is 0 Å². The molecule has 0 aliphatic heterocycles. The van der Waals surface area contributed by atoms with E-state index in [1.54, 1.807) is 37.5 Å². The van der Waals surface area contributed by atoms with Gasteiger partial charge in [-0.05, 0) is 18.2 Å². The van der Waals surface area contributed by atoms with Gasteiger partial charge in [-0.25, -0.2) is 0 Å². The largest absolute Gasteiger partial charge is 0.496 e. The van der Waals surface area contributed by atoms with Crippen LogP contribution in [0, 0.1) is 11.3 Å². The van der Waals surface area contributed by atoms with Crippen LogP contribution in [0.5, 0.6) is 5.75 Å². The van der Waals surface area contributed by atoms with Crippen molar-refractivity contribution < 1.29 is 9.84 Å². The van der Waals surface area contributed by atoms with Crippen molar-refractivity contribution in [2.24, 2.45) is 0 Å². The molecule has 0 aromatic heterocycles. The third-order valence-electron chi connectivity index (χ3n) is 1.76. The maximum absolute atomic E-state index is 8.69. The Morgan fingerprint density at radius 3 is 2.93 bits per heavy atom. The number of ether oxygens (including phenoxy) is 1. The molecule has 0 saturated carbocycles. The highest BCUT2D eigenvalue weighted by Crippen LogP contribution is 2.20. The van der Waals surface area contributed by atoms with Crippen molar-refractivity contribution in [3.8, 4) is 11.8 Å². The van der Waals surface area contributed by atoms with Crippen molar-refractivity contribution in [1.29, 1.82) is 5.26 Å². The molecule has 0 aliphatic carbocycles. The predicted molar refractivity (Wildman–Crippen MR) is 53.8 cm³/mol. The lowest BCUT2D eigenvalue weighted by Crippen LogP contribution is -1.88. The Hall–Kier alpha value is -1.79. The van der Waals surface area contributed by atoms with E-state index in [-0.39, 0.29) is 6.61 Å². The van der Waals surface area contributed by atoms with Crippen LogP contribution in [-0.4, -0.2) is 18.8 Å². The van der Waals surface area contributed by atoms with Crippen LogP contribution in [0.15, 0.2) is 24.3 Å². The first kappa shape index (κ1) is 10.3.